The molecule has 1 amide bonds. The number of benzene rings is 1. The highest BCUT2D eigenvalue weighted by Gasteiger charge is 2.15. The third-order valence-corrected chi connectivity index (χ3v) is 4.82. The van der Waals surface area contributed by atoms with E-state index in [1.807, 2.05) is 18.2 Å². The molecule has 0 radical (unpaired) electrons. The fourth-order valence-electron chi connectivity index (χ4n) is 2.53. The van der Waals surface area contributed by atoms with Gasteiger partial charge in [-0.25, -0.2) is 0 Å². The predicted octanol–water partition coefficient (Wildman–Crippen LogP) is 4.13. The molecule has 23 heavy (non-hydrogen) atoms. The molecule has 5 heteroatoms. The highest BCUT2D eigenvalue weighted by atomic mass is 32.1. The average Bonchev–Trinajstić information content (AvgIpc) is 3.23. The molecule has 2 aromatic heterocycles. The molecule has 0 bridgehead atoms. The van der Waals surface area contributed by atoms with Gasteiger partial charge in [-0.3, -0.25) is 4.79 Å². The number of amides is 1. The van der Waals surface area contributed by atoms with Crippen LogP contribution in [0.4, 0.5) is 0 Å². The zero-order valence-electron chi connectivity index (χ0n) is 13.2. The lowest BCUT2D eigenvalue weighted by Crippen LogP contribution is -2.17. The van der Waals surface area contributed by atoms with E-state index in [-0.39, 0.29) is 11.7 Å². The number of hydrogen-bond donors (Lipinski definition) is 0. The fourth-order valence-corrected chi connectivity index (χ4v) is 3.68. The standard InChI is InChI=1S/C18H18N2O2S/c1-3-15-16(13-9-6-5-7-10-13)20(4-2)18(23-15)19-17(21)14-11-8-12-22-14/h5-12H,3-4H2,1-2H3. The third kappa shape index (κ3) is 3.05. The maximum atomic E-state index is 12.2. The van der Waals surface area contributed by atoms with Gasteiger partial charge in [-0.1, -0.05) is 37.3 Å². The van der Waals surface area contributed by atoms with E-state index in [0.29, 0.717) is 4.80 Å². The van der Waals surface area contributed by atoms with E-state index in [1.54, 1.807) is 23.5 Å². The van der Waals surface area contributed by atoms with E-state index in [4.69, 9.17) is 4.42 Å². The highest BCUT2D eigenvalue weighted by molar-refractivity contribution is 7.09. The Balaban J connectivity index is 2.16. The molecular formula is C18H18N2O2S. The van der Waals surface area contributed by atoms with Crippen LogP contribution in [0.1, 0.15) is 29.3 Å². The van der Waals surface area contributed by atoms with Gasteiger partial charge in [0.05, 0.1) is 12.0 Å². The van der Waals surface area contributed by atoms with Crippen molar-refractivity contribution in [3.63, 3.8) is 0 Å². The normalized spacial score (nSPS) is 11.8. The van der Waals surface area contributed by atoms with Crippen LogP contribution in [0.3, 0.4) is 0 Å². The van der Waals surface area contributed by atoms with Gasteiger partial charge in [0.15, 0.2) is 10.6 Å². The number of rotatable bonds is 4. The molecule has 0 aliphatic rings. The van der Waals surface area contributed by atoms with Crippen LogP contribution in [0.25, 0.3) is 11.3 Å². The summed E-state index contributed by atoms with van der Waals surface area (Å²) in [4.78, 5) is 18.4. The Morgan fingerprint density at radius 1 is 1.17 bits per heavy atom. The van der Waals surface area contributed by atoms with Crippen molar-refractivity contribution in [2.75, 3.05) is 0 Å². The number of nitrogens with zero attached hydrogens (tertiary/aromatic N) is 2. The lowest BCUT2D eigenvalue weighted by Gasteiger charge is -2.08. The number of thiazole rings is 1. The van der Waals surface area contributed by atoms with Crippen LogP contribution in [0.15, 0.2) is 58.1 Å². The minimum Gasteiger partial charge on any atom is -0.459 e. The van der Waals surface area contributed by atoms with Crippen LogP contribution in [-0.4, -0.2) is 10.5 Å². The molecular weight excluding hydrogens is 308 g/mol. The number of aryl methyl sites for hydroxylation is 1. The Morgan fingerprint density at radius 3 is 2.57 bits per heavy atom. The van der Waals surface area contributed by atoms with Crippen molar-refractivity contribution in [3.05, 3.63) is 64.2 Å². The second-order valence-corrected chi connectivity index (χ2v) is 6.08. The lowest BCUT2D eigenvalue weighted by atomic mass is 10.1. The van der Waals surface area contributed by atoms with Crippen molar-refractivity contribution in [3.8, 4) is 11.3 Å². The van der Waals surface area contributed by atoms with Crippen molar-refractivity contribution in [2.24, 2.45) is 4.99 Å². The molecule has 118 valence electrons. The molecule has 2 heterocycles. The number of aromatic nitrogens is 1. The maximum absolute atomic E-state index is 12.2. The Bertz CT molecular complexity index is 858. The van der Waals surface area contributed by atoms with Crippen molar-refractivity contribution < 1.29 is 9.21 Å². The van der Waals surface area contributed by atoms with E-state index >= 15 is 0 Å². The molecule has 0 saturated carbocycles. The molecule has 4 nitrogen and oxygen atoms in total. The fraction of sp³-hybridized carbons (Fsp3) is 0.222. The number of furan rings is 1. The molecule has 3 rings (SSSR count). The molecule has 0 aliphatic heterocycles. The predicted molar refractivity (Wildman–Crippen MR) is 91.4 cm³/mol. The van der Waals surface area contributed by atoms with Gasteiger partial charge >= 0.3 is 5.91 Å². The van der Waals surface area contributed by atoms with Crippen molar-refractivity contribution >= 4 is 17.2 Å². The summed E-state index contributed by atoms with van der Waals surface area (Å²) < 4.78 is 7.24. The molecule has 3 aromatic rings. The van der Waals surface area contributed by atoms with Gasteiger partial charge in [-0.05, 0) is 31.0 Å². The summed E-state index contributed by atoms with van der Waals surface area (Å²) in [5.74, 6) is -0.0823. The maximum Gasteiger partial charge on any atom is 0.315 e. The van der Waals surface area contributed by atoms with Crippen molar-refractivity contribution in [1.82, 2.24) is 4.57 Å². The van der Waals surface area contributed by atoms with Gasteiger partial charge in [0.1, 0.15) is 0 Å². The molecule has 1 aromatic carbocycles. The van der Waals surface area contributed by atoms with Crippen LogP contribution in [0.2, 0.25) is 0 Å². The molecule has 0 N–H and O–H groups in total. The number of carbonyl (C=O) groups excluding carboxylic acids is 1. The lowest BCUT2D eigenvalue weighted by molar-refractivity contribution is 0.0971. The largest absolute Gasteiger partial charge is 0.459 e. The molecule has 0 atom stereocenters. The summed E-state index contributed by atoms with van der Waals surface area (Å²) in [5, 5.41) is 0. The third-order valence-electron chi connectivity index (χ3n) is 3.59. The average molecular weight is 326 g/mol. The van der Waals surface area contributed by atoms with E-state index in [0.717, 1.165) is 24.2 Å². The minimum absolute atomic E-state index is 0.264. The number of carbonyl (C=O) groups is 1. The topological polar surface area (TPSA) is 47.5 Å². The minimum atomic E-state index is -0.347. The van der Waals surface area contributed by atoms with E-state index < -0.39 is 0 Å². The highest BCUT2D eigenvalue weighted by Crippen LogP contribution is 2.26. The van der Waals surface area contributed by atoms with E-state index in [1.165, 1.54) is 11.1 Å². The van der Waals surface area contributed by atoms with Crippen LogP contribution in [-0.2, 0) is 13.0 Å². The summed E-state index contributed by atoms with van der Waals surface area (Å²) in [6, 6.07) is 13.6. The summed E-state index contributed by atoms with van der Waals surface area (Å²) in [5.41, 5.74) is 2.29. The van der Waals surface area contributed by atoms with Gasteiger partial charge < -0.3 is 8.98 Å². The molecule has 0 fully saturated rings. The first-order chi connectivity index (χ1) is 11.2. The second-order valence-electron chi connectivity index (χ2n) is 5.01. The van der Waals surface area contributed by atoms with Gasteiger partial charge in [0.25, 0.3) is 0 Å². The second kappa shape index (κ2) is 6.79. The van der Waals surface area contributed by atoms with E-state index in [9.17, 15) is 4.79 Å². The molecule has 0 saturated heterocycles. The van der Waals surface area contributed by atoms with Gasteiger partial charge in [-0.15, -0.1) is 11.3 Å². The van der Waals surface area contributed by atoms with Crippen LogP contribution in [0, 0.1) is 0 Å². The Morgan fingerprint density at radius 2 is 1.96 bits per heavy atom. The summed E-state index contributed by atoms with van der Waals surface area (Å²) >= 11 is 1.56. The van der Waals surface area contributed by atoms with Gasteiger partial charge in [0.2, 0.25) is 0 Å². The smallest absolute Gasteiger partial charge is 0.315 e. The SMILES string of the molecule is CCc1sc(=NC(=O)c2ccco2)n(CC)c1-c1ccccc1. The zero-order chi connectivity index (χ0) is 16.2. The quantitative estimate of drug-likeness (QED) is 0.723. The Kier molecular flexibility index (Phi) is 4.57. The van der Waals surface area contributed by atoms with Crippen LogP contribution in [0.5, 0.6) is 0 Å². The Hall–Kier alpha value is -2.40. The van der Waals surface area contributed by atoms with Gasteiger partial charge in [0, 0.05) is 11.4 Å². The molecule has 0 unspecified atom stereocenters. The monoisotopic (exact) mass is 326 g/mol. The first-order valence-electron chi connectivity index (χ1n) is 7.65. The first kappa shape index (κ1) is 15.5. The summed E-state index contributed by atoms with van der Waals surface area (Å²) in [6.45, 7) is 4.94. The zero-order valence-corrected chi connectivity index (χ0v) is 14.0. The van der Waals surface area contributed by atoms with E-state index in [2.05, 4.69) is 35.5 Å². The van der Waals surface area contributed by atoms with Gasteiger partial charge in [-0.2, -0.15) is 4.99 Å². The first-order valence-corrected chi connectivity index (χ1v) is 8.46. The summed E-state index contributed by atoms with van der Waals surface area (Å²) in [7, 11) is 0. The summed E-state index contributed by atoms with van der Waals surface area (Å²) in [6.07, 6.45) is 2.39. The Labute approximate surface area is 138 Å². The van der Waals surface area contributed by atoms with Crippen molar-refractivity contribution in [1.29, 1.82) is 0 Å². The molecule has 0 spiro atoms. The molecule has 0 aliphatic carbocycles. The number of hydrogen-bond acceptors (Lipinski definition) is 3. The van der Waals surface area contributed by atoms with Crippen LogP contribution < -0.4 is 4.80 Å². The van der Waals surface area contributed by atoms with Crippen LogP contribution >= 0.6 is 11.3 Å². The van der Waals surface area contributed by atoms with Crippen molar-refractivity contribution in [2.45, 2.75) is 26.8 Å².